The number of benzene rings is 3. The highest BCUT2D eigenvalue weighted by atomic mass is 32.2. The van der Waals surface area contributed by atoms with E-state index in [4.69, 9.17) is 15.0 Å². The van der Waals surface area contributed by atoms with Gasteiger partial charge in [-0.1, -0.05) is 37.3 Å². The van der Waals surface area contributed by atoms with Gasteiger partial charge in [0.15, 0.2) is 5.69 Å². The zero-order valence-electron chi connectivity index (χ0n) is 24.7. The average molecular weight is 647 g/mol. The first kappa shape index (κ1) is 30.6. The minimum absolute atomic E-state index is 0.0696. The summed E-state index contributed by atoms with van der Waals surface area (Å²) in [5.41, 5.74) is 6.71. The molecule has 0 aliphatic heterocycles. The summed E-state index contributed by atoms with van der Waals surface area (Å²) in [6.45, 7) is 2.07. The summed E-state index contributed by atoms with van der Waals surface area (Å²) in [7, 11) is -2.57. The number of rotatable bonds is 11. The summed E-state index contributed by atoms with van der Waals surface area (Å²) < 4.78 is 45.9. The van der Waals surface area contributed by atoms with Crippen molar-refractivity contribution in [1.29, 1.82) is 0 Å². The topological polar surface area (TPSA) is 137 Å². The lowest BCUT2D eigenvalue weighted by Crippen LogP contribution is -2.14. The quantitative estimate of drug-likeness (QED) is 0.173. The summed E-state index contributed by atoms with van der Waals surface area (Å²) >= 11 is 1.19. The maximum atomic E-state index is 14.9. The number of ether oxygens (including phenoxy) is 1. The molecule has 1 aliphatic carbocycles. The molecule has 232 valence electrons. The first-order chi connectivity index (χ1) is 21.5. The Morgan fingerprint density at radius 2 is 1.87 bits per heavy atom. The highest BCUT2D eigenvalue weighted by Gasteiger charge is 2.29. The van der Waals surface area contributed by atoms with Crippen LogP contribution in [0.1, 0.15) is 52.6 Å². The number of sulfonamides is 1. The van der Waals surface area contributed by atoms with E-state index in [2.05, 4.69) is 18.0 Å². The Morgan fingerprint density at radius 1 is 1.11 bits per heavy atom. The van der Waals surface area contributed by atoms with E-state index in [9.17, 15) is 22.7 Å². The van der Waals surface area contributed by atoms with Gasteiger partial charge in [0.2, 0.25) is 15.2 Å². The third-order valence-electron chi connectivity index (χ3n) is 7.98. The molecular formula is C33H31FN4O5S2. The van der Waals surface area contributed by atoms with Crippen LogP contribution in [-0.2, 0) is 29.3 Å². The number of carboxylic acids is 1. The van der Waals surface area contributed by atoms with E-state index in [0.717, 1.165) is 58.5 Å². The summed E-state index contributed by atoms with van der Waals surface area (Å²) in [6.07, 6.45) is 3.86. The molecule has 0 radical (unpaired) electrons. The van der Waals surface area contributed by atoms with Gasteiger partial charge in [0, 0.05) is 22.9 Å². The van der Waals surface area contributed by atoms with Gasteiger partial charge in [-0.2, -0.15) is 5.10 Å². The van der Waals surface area contributed by atoms with E-state index in [-0.39, 0.29) is 12.1 Å². The van der Waals surface area contributed by atoms with Crippen LogP contribution in [0.5, 0.6) is 5.75 Å². The molecule has 0 unspecified atom stereocenters. The van der Waals surface area contributed by atoms with Gasteiger partial charge in [0.1, 0.15) is 16.5 Å². The summed E-state index contributed by atoms with van der Waals surface area (Å²) in [6, 6.07) is 18.0. The van der Waals surface area contributed by atoms with Gasteiger partial charge in [-0.25, -0.2) is 32.4 Å². The monoisotopic (exact) mass is 646 g/mol. The molecule has 5 aromatic rings. The number of halogens is 1. The second-order valence-electron chi connectivity index (χ2n) is 11.1. The maximum absolute atomic E-state index is 14.9. The van der Waals surface area contributed by atoms with Crippen LogP contribution in [0.25, 0.3) is 27.5 Å². The van der Waals surface area contributed by atoms with Gasteiger partial charge in [-0.3, -0.25) is 0 Å². The van der Waals surface area contributed by atoms with Gasteiger partial charge in [-0.05, 0) is 84.2 Å². The molecule has 2 aromatic heterocycles. The van der Waals surface area contributed by atoms with Gasteiger partial charge >= 0.3 is 5.97 Å². The fourth-order valence-corrected chi connectivity index (χ4v) is 6.86. The normalized spacial score (nSPS) is 13.2. The lowest BCUT2D eigenvalue weighted by atomic mass is 9.94. The summed E-state index contributed by atoms with van der Waals surface area (Å²) in [5.74, 6) is -0.789. The molecular weight excluding hydrogens is 616 g/mol. The SMILES string of the molecule is CCc1cc(-c2cccc(-c3nn(-c4nc(C(=O)O)cs4)c(CC4CC4)c3Cc3ccc(S(N)(=O)=O)c(F)c3)c2)ccc1OC. The van der Waals surface area contributed by atoms with Crippen molar-refractivity contribution in [2.45, 2.75) is 43.9 Å². The lowest BCUT2D eigenvalue weighted by Gasteiger charge is -2.11. The summed E-state index contributed by atoms with van der Waals surface area (Å²) in [5, 5.41) is 21.7. The van der Waals surface area contributed by atoms with Crippen LogP contribution in [0, 0.1) is 11.7 Å². The van der Waals surface area contributed by atoms with Crippen LogP contribution in [0.15, 0.2) is 70.9 Å². The molecule has 45 heavy (non-hydrogen) atoms. The van der Waals surface area contributed by atoms with E-state index in [1.807, 2.05) is 36.4 Å². The predicted molar refractivity (Wildman–Crippen MR) is 170 cm³/mol. The van der Waals surface area contributed by atoms with E-state index < -0.39 is 26.7 Å². The number of aromatic nitrogens is 3. The Balaban J connectivity index is 1.52. The third-order valence-corrected chi connectivity index (χ3v) is 9.74. The standard InChI is InChI=1S/C33H31FN4O5S2/c1-3-21-16-23(10-11-29(21)43-2)22-5-4-6-24(17-22)31-25(13-20-9-12-30(26(34)14-20)45(35,41)42)28(15-19-7-8-19)38(37-31)33-36-27(18-44-33)32(39)40/h4-6,9-12,14,16-19H,3,7-8,13,15H2,1-2H3,(H,39,40)(H2,35,41,42). The number of hydrogen-bond donors (Lipinski definition) is 2. The van der Waals surface area contributed by atoms with Crippen LogP contribution in [-0.4, -0.2) is 41.4 Å². The number of carboxylic acid groups (broad SMARTS) is 1. The first-order valence-electron chi connectivity index (χ1n) is 14.4. The molecule has 3 N–H and O–H groups in total. The second kappa shape index (κ2) is 12.2. The number of carbonyl (C=O) groups is 1. The van der Waals surface area contributed by atoms with Crippen molar-refractivity contribution in [1.82, 2.24) is 14.8 Å². The number of nitrogens with zero attached hydrogens (tertiary/aromatic N) is 3. The Labute approximate surface area is 264 Å². The van der Waals surface area contributed by atoms with Crippen molar-refractivity contribution >= 4 is 27.3 Å². The van der Waals surface area contributed by atoms with Gasteiger partial charge < -0.3 is 9.84 Å². The zero-order valence-corrected chi connectivity index (χ0v) is 26.3. The van der Waals surface area contributed by atoms with Crippen LogP contribution in [0.3, 0.4) is 0 Å². The number of nitrogens with two attached hydrogens (primary N) is 1. The highest BCUT2D eigenvalue weighted by Crippen LogP contribution is 2.39. The Kier molecular flexibility index (Phi) is 8.29. The molecule has 0 atom stereocenters. The lowest BCUT2D eigenvalue weighted by molar-refractivity contribution is 0.0691. The molecule has 2 heterocycles. The Morgan fingerprint density at radius 3 is 2.51 bits per heavy atom. The molecule has 6 rings (SSSR count). The number of aryl methyl sites for hydroxylation is 1. The molecule has 0 saturated heterocycles. The van der Waals surface area contributed by atoms with Crippen molar-refractivity contribution in [3.8, 4) is 33.3 Å². The van der Waals surface area contributed by atoms with Crippen molar-refractivity contribution in [2.24, 2.45) is 11.1 Å². The fraction of sp³-hybridized carbons (Fsp3) is 0.242. The molecule has 0 amide bonds. The molecule has 0 spiro atoms. The first-order valence-corrected chi connectivity index (χ1v) is 16.9. The third kappa shape index (κ3) is 6.39. The maximum Gasteiger partial charge on any atom is 0.355 e. The minimum atomic E-state index is -4.22. The van der Waals surface area contributed by atoms with E-state index in [1.165, 1.54) is 28.8 Å². The van der Waals surface area contributed by atoms with Crippen molar-refractivity contribution < 1.29 is 27.4 Å². The largest absolute Gasteiger partial charge is 0.496 e. The number of thiazole rings is 1. The van der Waals surface area contributed by atoms with Crippen molar-refractivity contribution in [3.05, 3.63) is 99.9 Å². The minimum Gasteiger partial charge on any atom is -0.496 e. The zero-order chi connectivity index (χ0) is 31.9. The number of hydrogen-bond acceptors (Lipinski definition) is 7. The van der Waals surface area contributed by atoms with Gasteiger partial charge in [0.25, 0.3) is 0 Å². The number of methoxy groups -OCH3 is 1. The van der Waals surface area contributed by atoms with Crippen LogP contribution in [0.2, 0.25) is 0 Å². The van der Waals surface area contributed by atoms with Crippen molar-refractivity contribution in [2.75, 3.05) is 7.11 Å². The van der Waals surface area contributed by atoms with E-state index in [1.54, 1.807) is 17.9 Å². The Hall–Kier alpha value is -4.39. The molecule has 1 aliphatic rings. The highest BCUT2D eigenvalue weighted by molar-refractivity contribution is 7.89. The van der Waals surface area contributed by atoms with Gasteiger partial charge in [-0.15, -0.1) is 11.3 Å². The van der Waals surface area contributed by atoms with Crippen LogP contribution >= 0.6 is 11.3 Å². The molecule has 1 fully saturated rings. The number of aromatic carboxylic acids is 1. The number of primary sulfonamides is 1. The molecule has 1 saturated carbocycles. The molecule has 3 aromatic carbocycles. The Bertz CT molecular complexity index is 2030. The average Bonchev–Trinajstić information content (AvgIpc) is 3.57. The van der Waals surface area contributed by atoms with Crippen LogP contribution in [0.4, 0.5) is 4.39 Å². The van der Waals surface area contributed by atoms with Crippen LogP contribution < -0.4 is 9.88 Å². The van der Waals surface area contributed by atoms with E-state index in [0.29, 0.717) is 28.7 Å². The fourth-order valence-electron chi connectivity index (χ4n) is 5.50. The smallest absolute Gasteiger partial charge is 0.355 e. The summed E-state index contributed by atoms with van der Waals surface area (Å²) in [4.78, 5) is 15.4. The van der Waals surface area contributed by atoms with Crippen molar-refractivity contribution in [3.63, 3.8) is 0 Å². The van der Waals surface area contributed by atoms with E-state index >= 15 is 0 Å². The molecule has 9 nitrogen and oxygen atoms in total. The van der Waals surface area contributed by atoms with Gasteiger partial charge in [0.05, 0.1) is 18.5 Å². The predicted octanol–water partition coefficient (Wildman–Crippen LogP) is 6.26. The second-order valence-corrected chi connectivity index (χ2v) is 13.5. The molecule has 0 bridgehead atoms. The molecule has 12 heteroatoms.